The number of hydrogen-bond donors (Lipinski definition) is 1. The third-order valence-electron chi connectivity index (χ3n) is 3.96. The Kier molecular flexibility index (Phi) is 1.89. The van der Waals surface area contributed by atoms with Crippen LogP contribution in [0.4, 0.5) is 0 Å². The zero-order valence-electron chi connectivity index (χ0n) is 9.77. The molecule has 0 bridgehead atoms. The molecule has 1 saturated carbocycles. The Morgan fingerprint density at radius 2 is 2.19 bits per heavy atom. The fourth-order valence-electron chi connectivity index (χ4n) is 2.58. The highest BCUT2D eigenvalue weighted by Gasteiger charge is 2.47. The van der Waals surface area contributed by atoms with E-state index in [-0.39, 0.29) is 11.5 Å². The summed E-state index contributed by atoms with van der Waals surface area (Å²) in [7, 11) is 2.03. The van der Waals surface area contributed by atoms with Crippen molar-refractivity contribution in [3.05, 3.63) is 30.1 Å². The molecule has 0 amide bonds. The second-order valence-corrected chi connectivity index (χ2v) is 5.00. The minimum atomic E-state index is 0.234. The second kappa shape index (κ2) is 3.08. The number of aromatic nitrogens is 2. The van der Waals surface area contributed by atoms with E-state index in [1.165, 1.54) is 23.9 Å². The Bertz CT molecular complexity index is 535. The fourth-order valence-corrected chi connectivity index (χ4v) is 2.58. The predicted octanol–water partition coefficient (Wildman–Crippen LogP) is 1.95. The van der Waals surface area contributed by atoms with Gasteiger partial charge < -0.3 is 10.3 Å². The van der Waals surface area contributed by atoms with E-state index in [1.807, 2.05) is 13.4 Å². The van der Waals surface area contributed by atoms with Crippen molar-refractivity contribution in [3.8, 4) is 0 Å². The van der Waals surface area contributed by atoms with E-state index in [4.69, 9.17) is 5.73 Å². The van der Waals surface area contributed by atoms with Gasteiger partial charge in [-0.05, 0) is 37.5 Å². The summed E-state index contributed by atoms with van der Waals surface area (Å²) in [4.78, 5) is 4.34. The van der Waals surface area contributed by atoms with Crippen LogP contribution in [-0.2, 0) is 12.5 Å². The lowest BCUT2D eigenvalue weighted by Crippen LogP contribution is -2.31. The molecule has 1 unspecified atom stereocenters. The standard InChI is InChI=1S/C13H17N3/c1-9(14)13(5-6-13)10-3-4-11-12(7-10)16(2)8-15-11/h3-4,7-9H,5-6,14H2,1-2H3. The number of imidazole rings is 1. The minimum absolute atomic E-state index is 0.234. The molecule has 1 aliphatic carbocycles. The lowest BCUT2D eigenvalue weighted by atomic mass is 9.89. The molecule has 1 atom stereocenters. The maximum atomic E-state index is 6.10. The van der Waals surface area contributed by atoms with Crippen LogP contribution in [0.2, 0.25) is 0 Å². The molecule has 2 N–H and O–H groups in total. The molecular weight excluding hydrogens is 198 g/mol. The number of nitrogens with zero attached hydrogens (tertiary/aromatic N) is 2. The van der Waals surface area contributed by atoms with E-state index in [1.54, 1.807) is 0 Å². The van der Waals surface area contributed by atoms with Crippen LogP contribution in [0.25, 0.3) is 11.0 Å². The zero-order chi connectivity index (χ0) is 11.3. The van der Waals surface area contributed by atoms with Crippen LogP contribution in [0.3, 0.4) is 0 Å². The summed E-state index contributed by atoms with van der Waals surface area (Å²) in [6.45, 7) is 2.11. The Balaban J connectivity index is 2.15. The normalized spacial score (nSPS) is 19.9. The molecule has 1 fully saturated rings. The van der Waals surface area contributed by atoms with Crippen LogP contribution in [0, 0.1) is 0 Å². The van der Waals surface area contributed by atoms with Crippen molar-refractivity contribution in [2.24, 2.45) is 12.8 Å². The lowest BCUT2D eigenvalue weighted by Gasteiger charge is -2.20. The molecule has 0 saturated heterocycles. The zero-order valence-corrected chi connectivity index (χ0v) is 9.77. The molecular formula is C13H17N3. The SMILES string of the molecule is CC(N)C1(c2ccc3ncn(C)c3c2)CC1. The topological polar surface area (TPSA) is 43.8 Å². The summed E-state index contributed by atoms with van der Waals surface area (Å²) in [6.07, 6.45) is 4.29. The molecule has 84 valence electrons. The van der Waals surface area contributed by atoms with Crippen molar-refractivity contribution < 1.29 is 0 Å². The van der Waals surface area contributed by atoms with Gasteiger partial charge in [0.05, 0.1) is 17.4 Å². The molecule has 0 radical (unpaired) electrons. The summed E-state index contributed by atoms with van der Waals surface area (Å²) in [5.41, 5.74) is 9.97. The van der Waals surface area contributed by atoms with E-state index in [0.717, 1.165) is 5.52 Å². The Hall–Kier alpha value is -1.35. The average Bonchev–Trinajstić information content (AvgIpc) is 3.01. The van der Waals surface area contributed by atoms with Crippen molar-refractivity contribution in [1.29, 1.82) is 0 Å². The van der Waals surface area contributed by atoms with E-state index >= 15 is 0 Å². The first-order chi connectivity index (χ1) is 7.63. The van der Waals surface area contributed by atoms with Gasteiger partial charge in [0.15, 0.2) is 0 Å². The maximum Gasteiger partial charge on any atom is 0.0955 e. The number of hydrogen-bond acceptors (Lipinski definition) is 2. The molecule has 0 aliphatic heterocycles. The summed E-state index contributed by atoms with van der Waals surface area (Å²) in [6, 6.07) is 6.77. The molecule has 2 aromatic rings. The maximum absolute atomic E-state index is 6.10. The van der Waals surface area contributed by atoms with Gasteiger partial charge in [-0.1, -0.05) is 6.07 Å². The Morgan fingerprint density at radius 1 is 1.44 bits per heavy atom. The smallest absolute Gasteiger partial charge is 0.0955 e. The summed E-state index contributed by atoms with van der Waals surface area (Å²) >= 11 is 0. The van der Waals surface area contributed by atoms with Crippen LogP contribution in [0.15, 0.2) is 24.5 Å². The molecule has 1 aromatic heterocycles. The predicted molar refractivity (Wildman–Crippen MR) is 65.3 cm³/mol. The number of benzene rings is 1. The van der Waals surface area contributed by atoms with E-state index in [2.05, 4.69) is 34.7 Å². The highest BCUT2D eigenvalue weighted by Crippen LogP contribution is 2.50. The van der Waals surface area contributed by atoms with Crippen molar-refractivity contribution in [1.82, 2.24) is 9.55 Å². The van der Waals surface area contributed by atoms with Crippen molar-refractivity contribution in [2.75, 3.05) is 0 Å². The van der Waals surface area contributed by atoms with Gasteiger partial charge in [-0.25, -0.2) is 4.98 Å². The number of nitrogens with two attached hydrogens (primary N) is 1. The lowest BCUT2D eigenvalue weighted by molar-refractivity contribution is 0.557. The van der Waals surface area contributed by atoms with Crippen LogP contribution >= 0.6 is 0 Å². The highest BCUT2D eigenvalue weighted by atomic mass is 15.0. The van der Waals surface area contributed by atoms with E-state index < -0.39 is 0 Å². The number of aryl methyl sites for hydroxylation is 1. The van der Waals surface area contributed by atoms with Crippen LogP contribution in [0.1, 0.15) is 25.3 Å². The van der Waals surface area contributed by atoms with E-state index in [9.17, 15) is 0 Å². The van der Waals surface area contributed by atoms with Crippen LogP contribution in [0.5, 0.6) is 0 Å². The van der Waals surface area contributed by atoms with E-state index in [0.29, 0.717) is 0 Å². The van der Waals surface area contributed by atoms with Crippen molar-refractivity contribution in [2.45, 2.75) is 31.2 Å². The van der Waals surface area contributed by atoms with Crippen molar-refractivity contribution >= 4 is 11.0 Å². The molecule has 3 nitrogen and oxygen atoms in total. The molecule has 16 heavy (non-hydrogen) atoms. The first kappa shape index (κ1) is 9.85. The third-order valence-corrected chi connectivity index (χ3v) is 3.96. The van der Waals surface area contributed by atoms with Crippen molar-refractivity contribution in [3.63, 3.8) is 0 Å². The molecule has 1 aromatic carbocycles. The Morgan fingerprint density at radius 3 is 2.81 bits per heavy atom. The van der Waals surface area contributed by atoms with Crippen LogP contribution < -0.4 is 5.73 Å². The van der Waals surface area contributed by atoms with Gasteiger partial charge >= 0.3 is 0 Å². The summed E-state index contributed by atoms with van der Waals surface area (Å²) < 4.78 is 2.07. The first-order valence-corrected chi connectivity index (χ1v) is 5.81. The average molecular weight is 215 g/mol. The van der Waals surface area contributed by atoms with Gasteiger partial charge in [0.1, 0.15) is 0 Å². The fraction of sp³-hybridized carbons (Fsp3) is 0.462. The minimum Gasteiger partial charge on any atom is -0.334 e. The van der Waals surface area contributed by atoms with Gasteiger partial charge in [0.25, 0.3) is 0 Å². The highest BCUT2D eigenvalue weighted by molar-refractivity contribution is 5.76. The second-order valence-electron chi connectivity index (χ2n) is 5.00. The Labute approximate surface area is 95.3 Å². The van der Waals surface area contributed by atoms with Gasteiger partial charge in [0.2, 0.25) is 0 Å². The first-order valence-electron chi connectivity index (χ1n) is 5.81. The van der Waals surface area contributed by atoms with Gasteiger partial charge in [-0.15, -0.1) is 0 Å². The van der Waals surface area contributed by atoms with Crippen LogP contribution in [-0.4, -0.2) is 15.6 Å². The van der Waals surface area contributed by atoms with Gasteiger partial charge in [-0.3, -0.25) is 0 Å². The summed E-state index contributed by atoms with van der Waals surface area (Å²) in [5.74, 6) is 0. The third kappa shape index (κ3) is 1.21. The monoisotopic (exact) mass is 215 g/mol. The number of fused-ring (bicyclic) bond motifs is 1. The molecule has 3 heteroatoms. The molecule has 0 spiro atoms. The number of rotatable bonds is 2. The molecule has 1 aliphatic rings. The quantitative estimate of drug-likeness (QED) is 0.832. The van der Waals surface area contributed by atoms with Gasteiger partial charge in [-0.2, -0.15) is 0 Å². The molecule has 3 rings (SSSR count). The van der Waals surface area contributed by atoms with Gasteiger partial charge in [0, 0.05) is 18.5 Å². The molecule has 1 heterocycles. The summed E-state index contributed by atoms with van der Waals surface area (Å²) in [5, 5.41) is 0. The largest absolute Gasteiger partial charge is 0.334 e.